The number of benzene rings is 2. The first kappa shape index (κ1) is 14.7. The number of imidazole rings is 1. The highest BCUT2D eigenvalue weighted by Gasteiger charge is 2.20. The van der Waals surface area contributed by atoms with Gasteiger partial charge in [0.1, 0.15) is 6.54 Å². The number of nitrogens with zero attached hydrogens (tertiary/aromatic N) is 3. The molecule has 0 aliphatic heterocycles. The monoisotopic (exact) mass is 345 g/mol. The Balaban J connectivity index is 1.79. The average molecular weight is 345 g/mol. The van der Waals surface area contributed by atoms with Gasteiger partial charge in [-0.3, -0.25) is 4.79 Å². The summed E-state index contributed by atoms with van der Waals surface area (Å²) in [6.45, 7) is 1.82. The molecule has 7 nitrogen and oxygen atoms in total. The number of para-hydroxylation sites is 1. The molecule has 5 rings (SSSR count). The van der Waals surface area contributed by atoms with Crippen molar-refractivity contribution in [2.45, 2.75) is 13.5 Å². The van der Waals surface area contributed by atoms with Crippen molar-refractivity contribution in [2.24, 2.45) is 0 Å². The zero-order chi connectivity index (χ0) is 17.8. The summed E-state index contributed by atoms with van der Waals surface area (Å²) in [5.41, 5.74) is 5.19. The molecule has 7 heteroatoms. The molecule has 0 saturated carbocycles. The fraction of sp³-hybridized carbons (Fsp3) is 0.105. The van der Waals surface area contributed by atoms with Gasteiger partial charge in [-0.25, -0.2) is 9.97 Å². The van der Waals surface area contributed by atoms with Crippen molar-refractivity contribution >= 4 is 38.8 Å². The molecule has 0 radical (unpaired) electrons. The minimum atomic E-state index is -0.875. The molecular formula is C19H15N5O2. The van der Waals surface area contributed by atoms with Crippen LogP contribution in [0, 0.1) is 6.92 Å². The lowest BCUT2D eigenvalue weighted by atomic mass is 10.1. The number of hydrogen-bond acceptors (Lipinski definition) is 3. The molecule has 5 aromatic rings. The van der Waals surface area contributed by atoms with E-state index in [0.717, 1.165) is 44.1 Å². The van der Waals surface area contributed by atoms with Gasteiger partial charge >= 0.3 is 5.97 Å². The Hall–Kier alpha value is -3.61. The van der Waals surface area contributed by atoms with Gasteiger partial charge in [-0.1, -0.05) is 18.2 Å². The van der Waals surface area contributed by atoms with Gasteiger partial charge in [-0.15, -0.1) is 0 Å². The van der Waals surface area contributed by atoms with Crippen LogP contribution in [-0.2, 0) is 11.3 Å². The molecule has 0 unspecified atom stereocenters. The molecule has 0 aliphatic rings. The van der Waals surface area contributed by atoms with Crippen LogP contribution in [0.2, 0.25) is 0 Å². The fourth-order valence-electron chi connectivity index (χ4n) is 3.61. The number of H-pyrrole nitrogens is 2. The first-order valence-electron chi connectivity index (χ1n) is 8.25. The second-order valence-electron chi connectivity index (χ2n) is 6.35. The molecule has 0 aliphatic carbocycles. The zero-order valence-electron chi connectivity index (χ0n) is 13.9. The number of hydrogen-bond donors (Lipinski definition) is 3. The molecule has 128 valence electrons. The Kier molecular flexibility index (Phi) is 2.94. The van der Waals surface area contributed by atoms with Crippen molar-refractivity contribution in [1.29, 1.82) is 0 Å². The Labute approximate surface area is 147 Å². The number of aliphatic carboxylic acids is 1. The molecule has 3 aromatic heterocycles. The van der Waals surface area contributed by atoms with Crippen molar-refractivity contribution in [3.05, 3.63) is 48.3 Å². The molecule has 0 bridgehead atoms. The van der Waals surface area contributed by atoms with Gasteiger partial charge in [0, 0.05) is 33.7 Å². The van der Waals surface area contributed by atoms with E-state index < -0.39 is 5.97 Å². The van der Waals surface area contributed by atoms with Crippen molar-refractivity contribution in [1.82, 2.24) is 24.7 Å². The summed E-state index contributed by atoms with van der Waals surface area (Å²) in [6, 6.07) is 11.7. The second kappa shape index (κ2) is 5.19. The van der Waals surface area contributed by atoms with Crippen molar-refractivity contribution < 1.29 is 9.90 Å². The van der Waals surface area contributed by atoms with E-state index in [9.17, 15) is 9.90 Å². The summed E-state index contributed by atoms with van der Waals surface area (Å²) in [6.07, 6.45) is 1.88. The topological polar surface area (TPSA) is 99.6 Å². The molecule has 0 amide bonds. The maximum Gasteiger partial charge on any atom is 0.323 e. The molecular weight excluding hydrogens is 330 g/mol. The molecule has 0 fully saturated rings. The van der Waals surface area contributed by atoms with Crippen molar-refractivity contribution in [3.8, 4) is 11.4 Å². The van der Waals surface area contributed by atoms with E-state index in [-0.39, 0.29) is 6.54 Å². The second-order valence-corrected chi connectivity index (χ2v) is 6.35. The number of nitrogens with one attached hydrogen (secondary N) is 2. The SMILES string of the molecule is Cc1c(-c2nc3cc4c[nH][nH]c4cc3n2)c2ccccc2n1CC(=O)O. The van der Waals surface area contributed by atoms with E-state index >= 15 is 0 Å². The molecule has 2 aromatic carbocycles. The summed E-state index contributed by atoms with van der Waals surface area (Å²) in [5, 5.41) is 17.3. The van der Waals surface area contributed by atoms with E-state index in [1.165, 1.54) is 0 Å². The van der Waals surface area contributed by atoms with Crippen LogP contribution in [0.15, 0.2) is 42.6 Å². The zero-order valence-corrected chi connectivity index (χ0v) is 13.9. The molecule has 3 heterocycles. The Bertz CT molecular complexity index is 1260. The fourth-order valence-corrected chi connectivity index (χ4v) is 3.61. The van der Waals surface area contributed by atoms with Crippen LogP contribution in [0.3, 0.4) is 0 Å². The van der Waals surface area contributed by atoms with Gasteiger partial charge < -0.3 is 19.9 Å². The molecule has 0 saturated heterocycles. The van der Waals surface area contributed by atoms with Gasteiger partial charge in [-0.05, 0) is 25.1 Å². The molecule has 3 N–H and O–H groups in total. The predicted molar refractivity (Wildman–Crippen MR) is 99.1 cm³/mol. The normalized spacial score (nSPS) is 11.7. The standard InChI is InChI=1S/C19H15N5O2/c1-10-18(12-4-2-3-5-16(12)24(10)9-17(25)26)19-21-14-6-11-8-20-23-13(11)7-15(14)22-19/h2-8,20,23H,9H2,1H3,(H,25,26). The van der Waals surface area contributed by atoms with Crippen molar-refractivity contribution in [2.75, 3.05) is 0 Å². The maximum absolute atomic E-state index is 11.3. The quantitative estimate of drug-likeness (QED) is 0.466. The summed E-state index contributed by atoms with van der Waals surface area (Å²) < 4.78 is 1.80. The number of aromatic amines is 2. The average Bonchev–Trinajstić information content (AvgIpc) is 3.29. The number of fused-ring (bicyclic) bond motifs is 3. The van der Waals surface area contributed by atoms with Crippen LogP contribution in [0.4, 0.5) is 0 Å². The lowest BCUT2D eigenvalue weighted by Crippen LogP contribution is -2.09. The minimum Gasteiger partial charge on any atom is -0.480 e. The summed E-state index contributed by atoms with van der Waals surface area (Å²) in [4.78, 5) is 20.7. The third kappa shape index (κ3) is 2.03. The summed E-state index contributed by atoms with van der Waals surface area (Å²) in [5.74, 6) is -0.256. The molecule has 26 heavy (non-hydrogen) atoms. The highest BCUT2D eigenvalue weighted by molar-refractivity contribution is 6.00. The first-order valence-corrected chi connectivity index (χ1v) is 8.25. The Morgan fingerprint density at radius 3 is 2.77 bits per heavy atom. The number of carboxylic acid groups (broad SMARTS) is 1. The van der Waals surface area contributed by atoms with E-state index in [2.05, 4.69) is 10.2 Å². The van der Waals surface area contributed by atoms with Crippen LogP contribution in [0.25, 0.3) is 44.2 Å². The number of carboxylic acids is 1. The lowest BCUT2D eigenvalue weighted by Gasteiger charge is -2.04. The highest BCUT2D eigenvalue weighted by atomic mass is 16.4. The maximum atomic E-state index is 11.3. The van der Waals surface area contributed by atoms with Crippen LogP contribution >= 0.6 is 0 Å². The first-order chi connectivity index (χ1) is 12.6. The minimum absolute atomic E-state index is 0.0918. The highest BCUT2D eigenvalue weighted by Crippen LogP contribution is 2.34. The predicted octanol–water partition coefficient (Wildman–Crippen LogP) is 3.45. The van der Waals surface area contributed by atoms with Gasteiger partial charge in [-0.2, -0.15) is 0 Å². The number of carbonyl (C=O) groups is 1. The van der Waals surface area contributed by atoms with Crippen LogP contribution in [0.1, 0.15) is 5.69 Å². The van der Waals surface area contributed by atoms with Gasteiger partial charge in [0.25, 0.3) is 0 Å². The summed E-state index contributed by atoms with van der Waals surface area (Å²) >= 11 is 0. The largest absolute Gasteiger partial charge is 0.480 e. The van der Waals surface area contributed by atoms with Crippen LogP contribution < -0.4 is 0 Å². The number of rotatable bonds is 3. The van der Waals surface area contributed by atoms with E-state index in [4.69, 9.17) is 9.97 Å². The van der Waals surface area contributed by atoms with Gasteiger partial charge in [0.2, 0.25) is 0 Å². The van der Waals surface area contributed by atoms with E-state index in [1.807, 2.05) is 49.5 Å². The third-order valence-electron chi connectivity index (χ3n) is 4.78. The Morgan fingerprint density at radius 1 is 1.19 bits per heavy atom. The van der Waals surface area contributed by atoms with E-state index in [1.54, 1.807) is 4.57 Å². The molecule has 0 atom stereocenters. The molecule has 0 spiro atoms. The van der Waals surface area contributed by atoms with Gasteiger partial charge in [0.15, 0.2) is 5.82 Å². The Morgan fingerprint density at radius 2 is 1.96 bits per heavy atom. The van der Waals surface area contributed by atoms with E-state index in [0.29, 0.717) is 5.82 Å². The third-order valence-corrected chi connectivity index (χ3v) is 4.78. The van der Waals surface area contributed by atoms with Crippen LogP contribution in [0.5, 0.6) is 0 Å². The van der Waals surface area contributed by atoms with Crippen LogP contribution in [-0.4, -0.2) is 35.8 Å². The lowest BCUT2D eigenvalue weighted by molar-refractivity contribution is -0.137. The van der Waals surface area contributed by atoms with Crippen molar-refractivity contribution in [3.63, 3.8) is 0 Å². The summed E-state index contributed by atoms with van der Waals surface area (Å²) in [7, 11) is 0. The number of aromatic nitrogens is 5. The smallest absolute Gasteiger partial charge is 0.323 e. The van der Waals surface area contributed by atoms with Gasteiger partial charge in [0.05, 0.1) is 16.6 Å².